The number of hydrogen-bond donors (Lipinski definition) is 2. The maximum Gasteiger partial charge on any atom is 0.255 e. The number of anilines is 1. The molecular weight excluding hydrogens is 359 g/mol. The Balaban J connectivity index is 1.64. The van der Waals surface area contributed by atoms with Gasteiger partial charge in [0.15, 0.2) is 0 Å². The highest BCUT2D eigenvalue weighted by atomic mass is 32.2. The topological polar surface area (TPSA) is 84.5 Å². The standard InChI is InChI=1S/C18H19FN2O4S/c19-14-3-1-4-15(11-14)21-18(22)13-6-8-17(9-7-13)26(23,24)20-12-16-5-2-10-25-16/h1,3-4,6-9,11,16,20H,2,5,10,12H2,(H,21,22)/t16-/m1/s1. The molecule has 8 heteroatoms. The summed E-state index contributed by atoms with van der Waals surface area (Å²) < 4.78 is 45.6. The lowest BCUT2D eigenvalue weighted by Gasteiger charge is -2.12. The molecule has 1 heterocycles. The van der Waals surface area contributed by atoms with Crippen molar-refractivity contribution in [2.75, 3.05) is 18.5 Å². The Labute approximate surface area is 151 Å². The second kappa shape index (κ2) is 7.94. The van der Waals surface area contributed by atoms with Gasteiger partial charge in [-0.2, -0.15) is 0 Å². The summed E-state index contributed by atoms with van der Waals surface area (Å²) in [6.07, 6.45) is 1.67. The lowest BCUT2D eigenvalue weighted by molar-refractivity contribution is 0.102. The van der Waals surface area contributed by atoms with Crippen LogP contribution in [0.5, 0.6) is 0 Å². The average Bonchev–Trinajstić information content (AvgIpc) is 3.14. The van der Waals surface area contributed by atoms with E-state index in [1.165, 1.54) is 42.5 Å². The summed E-state index contributed by atoms with van der Waals surface area (Å²) in [4.78, 5) is 12.2. The van der Waals surface area contributed by atoms with Crippen LogP contribution in [0.3, 0.4) is 0 Å². The Morgan fingerprint density at radius 3 is 2.62 bits per heavy atom. The fourth-order valence-electron chi connectivity index (χ4n) is 2.65. The van der Waals surface area contributed by atoms with Crippen molar-refractivity contribution in [3.8, 4) is 0 Å². The Hall–Kier alpha value is -2.29. The van der Waals surface area contributed by atoms with E-state index in [0.29, 0.717) is 12.3 Å². The van der Waals surface area contributed by atoms with E-state index in [9.17, 15) is 17.6 Å². The number of carbonyl (C=O) groups is 1. The molecule has 1 atom stereocenters. The summed E-state index contributed by atoms with van der Waals surface area (Å²) in [6.45, 7) is 0.881. The summed E-state index contributed by atoms with van der Waals surface area (Å²) in [5.41, 5.74) is 0.595. The molecule has 1 aliphatic heterocycles. The lowest BCUT2D eigenvalue weighted by atomic mass is 10.2. The van der Waals surface area contributed by atoms with Crippen LogP contribution >= 0.6 is 0 Å². The van der Waals surface area contributed by atoms with E-state index in [1.807, 2.05) is 0 Å². The van der Waals surface area contributed by atoms with Crippen molar-refractivity contribution in [2.45, 2.75) is 23.8 Å². The van der Waals surface area contributed by atoms with Crippen LogP contribution in [0.15, 0.2) is 53.4 Å². The van der Waals surface area contributed by atoms with Crippen LogP contribution in [0.2, 0.25) is 0 Å². The molecular formula is C18H19FN2O4S. The molecule has 0 spiro atoms. The molecule has 138 valence electrons. The molecule has 0 aromatic heterocycles. The molecule has 2 aromatic carbocycles. The van der Waals surface area contributed by atoms with Crippen LogP contribution in [0.4, 0.5) is 10.1 Å². The maximum atomic E-state index is 13.2. The second-order valence-corrected chi connectivity index (χ2v) is 7.74. The first-order valence-corrected chi connectivity index (χ1v) is 9.71. The number of nitrogens with one attached hydrogen (secondary N) is 2. The normalized spacial score (nSPS) is 17.2. The molecule has 6 nitrogen and oxygen atoms in total. The van der Waals surface area contributed by atoms with E-state index in [1.54, 1.807) is 6.07 Å². The summed E-state index contributed by atoms with van der Waals surface area (Å²) in [5, 5.41) is 2.56. The van der Waals surface area contributed by atoms with Gasteiger partial charge in [0.05, 0.1) is 11.0 Å². The SMILES string of the molecule is O=C(Nc1cccc(F)c1)c1ccc(S(=O)(=O)NC[C@H]2CCCO2)cc1. The molecule has 0 unspecified atom stereocenters. The molecule has 3 rings (SSSR count). The predicted octanol–water partition coefficient (Wildman–Crippen LogP) is 2.54. The number of carbonyl (C=O) groups excluding carboxylic acids is 1. The van der Waals surface area contributed by atoms with E-state index in [4.69, 9.17) is 4.74 Å². The molecule has 0 bridgehead atoms. The van der Waals surface area contributed by atoms with Crippen LogP contribution in [-0.4, -0.2) is 33.6 Å². The number of sulfonamides is 1. The van der Waals surface area contributed by atoms with Gasteiger partial charge in [-0.05, 0) is 55.3 Å². The highest BCUT2D eigenvalue weighted by Gasteiger charge is 2.20. The lowest BCUT2D eigenvalue weighted by Crippen LogP contribution is -2.31. The van der Waals surface area contributed by atoms with Crippen molar-refractivity contribution in [1.82, 2.24) is 4.72 Å². The Morgan fingerprint density at radius 2 is 1.96 bits per heavy atom. The van der Waals surface area contributed by atoms with Gasteiger partial charge in [-0.15, -0.1) is 0 Å². The number of rotatable bonds is 6. The van der Waals surface area contributed by atoms with Crippen LogP contribution in [0.25, 0.3) is 0 Å². The van der Waals surface area contributed by atoms with E-state index in [0.717, 1.165) is 12.8 Å². The van der Waals surface area contributed by atoms with E-state index in [-0.39, 0.29) is 23.1 Å². The number of halogens is 1. The highest BCUT2D eigenvalue weighted by molar-refractivity contribution is 7.89. The fraction of sp³-hybridized carbons (Fsp3) is 0.278. The van der Waals surface area contributed by atoms with Gasteiger partial charge in [-0.1, -0.05) is 6.07 Å². The van der Waals surface area contributed by atoms with Crippen molar-refractivity contribution in [3.63, 3.8) is 0 Å². The quantitative estimate of drug-likeness (QED) is 0.809. The minimum atomic E-state index is -3.67. The van der Waals surface area contributed by atoms with E-state index >= 15 is 0 Å². The summed E-state index contributed by atoms with van der Waals surface area (Å²) in [5.74, 6) is -0.909. The van der Waals surface area contributed by atoms with Crippen molar-refractivity contribution in [1.29, 1.82) is 0 Å². The third-order valence-corrected chi connectivity index (χ3v) is 5.47. The summed E-state index contributed by atoms with van der Waals surface area (Å²) >= 11 is 0. The van der Waals surface area contributed by atoms with Crippen molar-refractivity contribution in [3.05, 3.63) is 59.9 Å². The molecule has 0 aliphatic carbocycles. The number of hydrogen-bond acceptors (Lipinski definition) is 4. The minimum absolute atomic E-state index is 0.0674. The Kier molecular flexibility index (Phi) is 5.65. The third kappa shape index (κ3) is 4.66. The Morgan fingerprint density at radius 1 is 1.19 bits per heavy atom. The Bertz CT molecular complexity index is 878. The summed E-state index contributed by atoms with van der Waals surface area (Å²) in [6, 6.07) is 11.1. The first-order valence-electron chi connectivity index (χ1n) is 8.22. The zero-order valence-corrected chi connectivity index (χ0v) is 14.8. The van der Waals surface area contributed by atoms with Crippen molar-refractivity contribution >= 4 is 21.6 Å². The molecule has 0 radical (unpaired) electrons. The molecule has 26 heavy (non-hydrogen) atoms. The molecule has 2 aromatic rings. The summed E-state index contributed by atoms with van der Waals surface area (Å²) in [7, 11) is -3.67. The second-order valence-electron chi connectivity index (χ2n) is 5.98. The van der Waals surface area contributed by atoms with Crippen LogP contribution in [0, 0.1) is 5.82 Å². The molecule has 1 amide bonds. The number of amides is 1. The van der Waals surface area contributed by atoms with Gasteiger partial charge in [-0.25, -0.2) is 17.5 Å². The van der Waals surface area contributed by atoms with Crippen molar-refractivity contribution in [2.24, 2.45) is 0 Å². The molecule has 1 fully saturated rings. The first-order chi connectivity index (χ1) is 12.4. The minimum Gasteiger partial charge on any atom is -0.377 e. The van der Waals surface area contributed by atoms with Gasteiger partial charge >= 0.3 is 0 Å². The largest absolute Gasteiger partial charge is 0.377 e. The van der Waals surface area contributed by atoms with Crippen LogP contribution in [0.1, 0.15) is 23.2 Å². The van der Waals surface area contributed by atoms with Gasteiger partial charge in [0.25, 0.3) is 5.91 Å². The molecule has 0 saturated carbocycles. The maximum absolute atomic E-state index is 13.2. The predicted molar refractivity (Wildman–Crippen MR) is 95.0 cm³/mol. The van der Waals surface area contributed by atoms with Crippen LogP contribution < -0.4 is 10.0 Å². The van der Waals surface area contributed by atoms with Gasteiger partial charge in [0.1, 0.15) is 5.82 Å². The van der Waals surface area contributed by atoms with Gasteiger partial charge in [-0.3, -0.25) is 4.79 Å². The molecule has 1 saturated heterocycles. The first kappa shape index (κ1) is 18.5. The smallest absolute Gasteiger partial charge is 0.255 e. The van der Waals surface area contributed by atoms with Crippen molar-refractivity contribution < 1.29 is 22.3 Å². The van der Waals surface area contributed by atoms with Crippen LogP contribution in [-0.2, 0) is 14.8 Å². The van der Waals surface area contributed by atoms with E-state index < -0.39 is 21.7 Å². The molecule has 2 N–H and O–H groups in total. The molecule has 1 aliphatic rings. The average molecular weight is 378 g/mol. The zero-order chi connectivity index (χ0) is 18.6. The monoisotopic (exact) mass is 378 g/mol. The number of benzene rings is 2. The zero-order valence-electron chi connectivity index (χ0n) is 13.9. The van der Waals surface area contributed by atoms with E-state index in [2.05, 4.69) is 10.0 Å². The van der Waals surface area contributed by atoms with Gasteiger partial charge in [0, 0.05) is 24.4 Å². The highest BCUT2D eigenvalue weighted by Crippen LogP contribution is 2.15. The van der Waals surface area contributed by atoms with Gasteiger partial charge < -0.3 is 10.1 Å². The fourth-order valence-corrected chi connectivity index (χ4v) is 3.71. The van der Waals surface area contributed by atoms with Gasteiger partial charge in [0.2, 0.25) is 10.0 Å². The number of ether oxygens (including phenoxy) is 1. The third-order valence-electron chi connectivity index (χ3n) is 4.03.